The number of halogens is 3. The Balaban J connectivity index is 1.63. The molecule has 4 fully saturated rings. The van der Waals surface area contributed by atoms with Crippen molar-refractivity contribution in [1.82, 2.24) is 9.80 Å². The van der Waals surface area contributed by atoms with Gasteiger partial charge in [-0.15, -0.1) is 0 Å². The van der Waals surface area contributed by atoms with Gasteiger partial charge in [-0.05, 0) is 53.9 Å². The van der Waals surface area contributed by atoms with E-state index in [0.717, 1.165) is 0 Å². The molecule has 0 N–H and O–H groups in total. The molecule has 0 aromatic rings. The van der Waals surface area contributed by atoms with Gasteiger partial charge in [-0.25, -0.2) is 4.79 Å². The van der Waals surface area contributed by atoms with Crippen LogP contribution in [0.2, 0.25) is 0 Å². The minimum Gasteiger partial charge on any atom is -0.444 e. The van der Waals surface area contributed by atoms with Gasteiger partial charge in [0.05, 0.1) is 10.8 Å². The first-order valence-corrected chi connectivity index (χ1v) is 9.07. The highest BCUT2D eigenvalue weighted by atomic mass is 19.4. The predicted octanol–water partition coefficient (Wildman–Crippen LogP) is 3.58. The fourth-order valence-electron chi connectivity index (χ4n) is 4.60. The van der Waals surface area contributed by atoms with Crippen LogP contribution in [0.25, 0.3) is 0 Å². The first-order valence-electron chi connectivity index (χ1n) is 9.07. The Morgan fingerprint density at radius 2 is 1.42 bits per heavy atom. The molecule has 3 saturated carbocycles. The Hall–Kier alpha value is -1.47. The highest BCUT2D eigenvalue weighted by molar-refractivity contribution is 5.87. The van der Waals surface area contributed by atoms with Gasteiger partial charge in [-0.1, -0.05) is 0 Å². The second-order valence-corrected chi connectivity index (χ2v) is 9.38. The van der Waals surface area contributed by atoms with Gasteiger partial charge in [-0.3, -0.25) is 4.79 Å². The highest BCUT2D eigenvalue weighted by Crippen LogP contribution is 2.78. The van der Waals surface area contributed by atoms with E-state index >= 15 is 0 Å². The SMILES string of the molecule is C[C@@H]1CN(C(=O)OC(C)(C)C)[C@@H](C)CN1C(=O)C12CC(C(F)(F)F)(C1)C2. The first-order chi connectivity index (χ1) is 11.7. The summed E-state index contributed by atoms with van der Waals surface area (Å²) in [5.74, 6) is -0.188. The molecular weight excluding hydrogens is 349 g/mol. The van der Waals surface area contributed by atoms with Crippen molar-refractivity contribution in [2.45, 2.75) is 77.7 Å². The molecule has 4 aliphatic rings. The smallest absolute Gasteiger partial charge is 0.410 e. The minimum atomic E-state index is -4.22. The number of hydrogen-bond acceptors (Lipinski definition) is 3. The van der Waals surface area contributed by atoms with E-state index in [4.69, 9.17) is 4.74 Å². The van der Waals surface area contributed by atoms with Crippen LogP contribution in [-0.4, -0.2) is 58.8 Å². The zero-order chi connectivity index (χ0) is 19.7. The van der Waals surface area contributed by atoms with Crippen molar-refractivity contribution in [3.63, 3.8) is 0 Å². The van der Waals surface area contributed by atoms with Gasteiger partial charge in [0, 0.05) is 25.2 Å². The molecule has 0 aromatic heterocycles. The lowest BCUT2D eigenvalue weighted by Gasteiger charge is -2.70. The number of rotatable bonds is 1. The number of nitrogens with zero attached hydrogens (tertiary/aromatic N) is 2. The van der Waals surface area contributed by atoms with Crippen LogP contribution in [-0.2, 0) is 9.53 Å². The molecule has 2 atom stereocenters. The van der Waals surface area contributed by atoms with Gasteiger partial charge in [-0.2, -0.15) is 13.2 Å². The molecule has 0 aromatic carbocycles. The normalized spacial score (nSPS) is 36.9. The number of carbonyl (C=O) groups excluding carboxylic acids is 2. The van der Waals surface area contributed by atoms with E-state index in [9.17, 15) is 22.8 Å². The van der Waals surface area contributed by atoms with E-state index in [-0.39, 0.29) is 37.3 Å². The van der Waals surface area contributed by atoms with Crippen LogP contribution in [0.3, 0.4) is 0 Å². The maximum atomic E-state index is 13.0. The van der Waals surface area contributed by atoms with Crippen LogP contribution in [0.15, 0.2) is 0 Å². The third-order valence-corrected chi connectivity index (χ3v) is 5.96. The second-order valence-electron chi connectivity index (χ2n) is 9.38. The van der Waals surface area contributed by atoms with E-state index in [2.05, 4.69) is 0 Å². The van der Waals surface area contributed by atoms with E-state index in [1.807, 2.05) is 13.8 Å². The average Bonchev–Trinajstić information content (AvgIpc) is 2.33. The third-order valence-electron chi connectivity index (χ3n) is 5.96. The molecule has 0 radical (unpaired) electrons. The maximum absolute atomic E-state index is 13.0. The fourth-order valence-corrected chi connectivity index (χ4v) is 4.60. The van der Waals surface area contributed by atoms with Crippen LogP contribution in [0.4, 0.5) is 18.0 Å². The lowest BCUT2D eigenvalue weighted by atomic mass is 9.34. The molecule has 5 nitrogen and oxygen atoms in total. The maximum Gasteiger partial charge on any atom is 0.410 e. The van der Waals surface area contributed by atoms with Crippen LogP contribution in [0, 0.1) is 10.8 Å². The summed E-state index contributed by atoms with van der Waals surface area (Å²) < 4.78 is 44.5. The molecule has 26 heavy (non-hydrogen) atoms. The summed E-state index contributed by atoms with van der Waals surface area (Å²) >= 11 is 0. The molecule has 1 aliphatic heterocycles. The molecule has 0 spiro atoms. The second kappa shape index (κ2) is 5.52. The number of piperazine rings is 1. The summed E-state index contributed by atoms with van der Waals surface area (Å²) in [7, 11) is 0. The summed E-state index contributed by atoms with van der Waals surface area (Å²) in [5, 5.41) is 0. The monoisotopic (exact) mass is 376 g/mol. The molecule has 2 bridgehead atoms. The van der Waals surface area contributed by atoms with Crippen molar-refractivity contribution >= 4 is 12.0 Å². The van der Waals surface area contributed by atoms with Crippen LogP contribution >= 0.6 is 0 Å². The summed E-state index contributed by atoms with van der Waals surface area (Å²) in [6.45, 7) is 9.66. The van der Waals surface area contributed by atoms with Crippen molar-refractivity contribution in [1.29, 1.82) is 0 Å². The molecule has 3 aliphatic carbocycles. The summed E-state index contributed by atoms with van der Waals surface area (Å²) in [6.07, 6.45) is -4.91. The Kier molecular flexibility index (Phi) is 4.09. The molecule has 1 saturated heterocycles. The molecule has 1 heterocycles. The molecular formula is C18H27F3N2O3. The topological polar surface area (TPSA) is 49.9 Å². The van der Waals surface area contributed by atoms with Crippen molar-refractivity contribution < 1.29 is 27.5 Å². The molecule has 148 valence electrons. The van der Waals surface area contributed by atoms with Gasteiger partial charge in [0.1, 0.15) is 5.60 Å². The first kappa shape index (κ1) is 19.3. The highest BCUT2D eigenvalue weighted by Gasteiger charge is 2.81. The van der Waals surface area contributed by atoms with E-state index in [1.165, 1.54) is 0 Å². The van der Waals surface area contributed by atoms with Gasteiger partial charge >= 0.3 is 12.3 Å². The van der Waals surface area contributed by atoms with Crippen molar-refractivity contribution in [3.8, 4) is 0 Å². The Morgan fingerprint density at radius 3 is 1.88 bits per heavy atom. The van der Waals surface area contributed by atoms with Crippen LogP contribution in [0.1, 0.15) is 53.9 Å². The summed E-state index contributed by atoms with van der Waals surface area (Å²) in [4.78, 5) is 28.5. The fraction of sp³-hybridized carbons (Fsp3) is 0.889. The molecule has 4 rings (SSSR count). The largest absolute Gasteiger partial charge is 0.444 e. The van der Waals surface area contributed by atoms with Crippen molar-refractivity contribution in [2.75, 3.05) is 13.1 Å². The Morgan fingerprint density at radius 1 is 0.962 bits per heavy atom. The average molecular weight is 376 g/mol. The zero-order valence-corrected chi connectivity index (χ0v) is 15.9. The standard InChI is InChI=1S/C18H27F3N2O3/c1-11-7-23(14(25)26-15(3,4)5)12(2)6-22(11)13(24)16-8-17(9-16,10-16)18(19,20)21/h11-12H,6-10H2,1-5H3/t11-,12+,16?,17?/m1/s1. The van der Waals surface area contributed by atoms with Gasteiger partial charge in [0.25, 0.3) is 0 Å². The summed E-state index contributed by atoms with van der Waals surface area (Å²) in [5.41, 5.74) is -3.07. The lowest BCUT2D eigenvalue weighted by Crippen LogP contribution is -2.74. The van der Waals surface area contributed by atoms with E-state index in [0.29, 0.717) is 13.1 Å². The Labute approximate surface area is 151 Å². The minimum absolute atomic E-state index is 0.0876. The van der Waals surface area contributed by atoms with E-state index < -0.39 is 28.7 Å². The molecule has 8 heteroatoms. The zero-order valence-electron chi connectivity index (χ0n) is 15.9. The number of amides is 2. The van der Waals surface area contributed by atoms with E-state index in [1.54, 1.807) is 30.6 Å². The third kappa shape index (κ3) is 2.85. The predicted molar refractivity (Wildman–Crippen MR) is 88.3 cm³/mol. The number of carbonyl (C=O) groups is 2. The van der Waals surface area contributed by atoms with Crippen molar-refractivity contribution in [2.24, 2.45) is 10.8 Å². The Bertz CT molecular complexity index is 606. The van der Waals surface area contributed by atoms with Gasteiger partial charge < -0.3 is 14.5 Å². The van der Waals surface area contributed by atoms with Crippen LogP contribution < -0.4 is 0 Å². The lowest BCUT2D eigenvalue weighted by molar-refractivity contribution is -0.353. The summed E-state index contributed by atoms with van der Waals surface area (Å²) in [6, 6.07) is -0.490. The van der Waals surface area contributed by atoms with Gasteiger partial charge in [0.2, 0.25) is 5.91 Å². The molecule has 0 unspecified atom stereocenters. The number of ether oxygens (including phenoxy) is 1. The number of hydrogen-bond donors (Lipinski definition) is 0. The van der Waals surface area contributed by atoms with Gasteiger partial charge in [0.15, 0.2) is 0 Å². The molecule has 2 amide bonds. The quantitative estimate of drug-likeness (QED) is 0.703. The van der Waals surface area contributed by atoms with Crippen LogP contribution in [0.5, 0.6) is 0 Å². The van der Waals surface area contributed by atoms with Crippen molar-refractivity contribution in [3.05, 3.63) is 0 Å². The number of alkyl halides is 3.